The first-order valence-corrected chi connectivity index (χ1v) is 5.85. The lowest BCUT2D eigenvalue weighted by Crippen LogP contribution is -2.13. The second-order valence-corrected chi connectivity index (χ2v) is 5.31. The zero-order valence-corrected chi connectivity index (χ0v) is 10.6. The van der Waals surface area contributed by atoms with Gasteiger partial charge < -0.3 is 5.73 Å². The van der Waals surface area contributed by atoms with Crippen LogP contribution in [0.25, 0.3) is 11.1 Å². The minimum Gasteiger partial charge on any atom is -0.326 e. The summed E-state index contributed by atoms with van der Waals surface area (Å²) in [6.07, 6.45) is 1.89. The van der Waals surface area contributed by atoms with Crippen LogP contribution in [-0.4, -0.2) is 10.2 Å². The number of nitrogens with one attached hydrogen (secondary N) is 1. The average Bonchev–Trinajstić information content (AvgIpc) is 2.78. The van der Waals surface area contributed by atoms with Crippen LogP contribution < -0.4 is 5.73 Å². The van der Waals surface area contributed by atoms with Crippen molar-refractivity contribution in [1.82, 2.24) is 10.2 Å². The Morgan fingerprint density at radius 3 is 2.35 bits per heavy atom. The summed E-state index contributed by atoms with van der Waals surface area (Å²) in [5.41, 5.74) is 10.3. The largest absolute Gasteiger partial charge is 0.326 e. The van der Waals surface area contributed by atoms with Gasteiger partial charge in [0.15, 0.2) is 0 Å². The summed E-state index contributed by atoms with van der Waals surface area (Å²) < 4.78 is 0. The van der Waals surface area contributed by atoms with E-state index in [-0.39, 0.29) is 5.41 Å². The number of nitrogens with two attached hydrogens (primary N) is 1. The molecule has 0 unspecified atom stereocenters. The van der Waals surface area contributed by atoms with Gasteiger partial charge in [-0.15, -0.1) is 0 Å². The molecule has 0 atom stereocenters. The molecule has 1 heterocycles. The smallest absolute Gasteiger partial charge is 0.0568 e. The van der Waals surface area contributed by atoms with Crippen LogP contribution >= 0.6 is 0 Å². The zero-order chi connectivity index (χ0) is 12.5. The fraction of sp³-hybridized carbons (Fsp3) is 0.357. The minimum atomic E-state index is 0.0678. The predicted molar refractivity (Wildman–Crippen MR) is 70.6 cm³/mol. The van der Waals surface area contributed by atoms with Gasteiger partial charge in [-0.05, 0) is 11.1 Å². The Labute approximate surface area is 102 Å². The number of benzene rings is 1. The highest BCUT2D eigenvalue weighted by atomic mass is 15.1. The third-order valence-corrected chi connectivity index (χ3v) is 2.89. The highest BCUT2D eigenvalue weighted by Crippen LogP contribution is 2.30. The highest BCUT2D eigenvalue weighted by molar-refractivity contribution is 5.66. The van der Waals surface area contributed by atoms with Gasteiger partial charge in [0, 0.05) is 23.2 Å². The lowest BCUT2D eigenvalue weighted by atomic mass is 9.87. The third kappa shape index (κ3) is 2.39. The number of H-pyrrole nitrogens is 1. The molecule has 0 fully saturated rings. The first kappa shape index (κ1) is 11.9. The molecule has 90 valence electrons. The van der Waals surface area contributed by atoms with E-state index < -0.39 is 0 Å². The lowest BCUT2D eigenvalue weighted by molar-refractivity contribution is 0.568. The standard InChI is InChI=1S/C14H19N3/c1-14(2,3)13-12(9-16-17-13)11-6-4-10(8-15)5-7-11/h4-7,9H,8,15H2,1-3H3,(H,16,17). The number of aromatic amines is 1. The molecule has 3 N–H and O–H groups in total. The molecule has 1 aromatic carbocycles. The Morgan fingerprint density at radius 2 is 1.82 bits per heavy atom. The fourth-order valence-corrected chi connectivity index (χ4v) is 1.90. The van der Waals surface area contributed by atoms with Gasteiger partial charge in [-0.2, -0.15) is 5.10 Å². The SMILES string of the molecule is CC(C)(C)c1[nH]ncc1-c1ccc(CN)cc1. The van der Waals surface area contributed by atoms with Gasteiger partial charge in [-0.25, -0.2) is 0 Å². The van der Waals surface area contributed by atoms with Crippen LogP contribution in [0.5, 0.6) is 0 Å². The van der Waals surface area contributed by atoms with Gasteiger partial charge in [0.1, 0.15) is 0 Å². The molecule has 0 spiro atoms. The molecule has 0 amide bonds. The van der Waals surface area contributed by atoms with Crippen molar-refractivity contribution in [3.05, 3.63) is 41.7 Å². The van der Waals surface area contributed by atoms with E-state index in [0.717, 1.165) is 11.3 Å². The first-order valence-electron chi connectivity index (χ1n) is 5.85. The molecule has 0 aliphatic heterocycles. The molecule has 0 saturated heterocycles. The van der Waals surface area contributed by atoms with Gasteiger partial charge in [0.05, 0.1) is 6.20 Å². The van der Waals surface area contributed by atoms with E-state index in [1.807, 2.05) is 6.20 Å². The topological polar surface area (TPSA) is 54.7 Å². The molecule has 2 rings (SSSR count). The Balaban J connectivity index is 2.43. The van der Waals surface area contributed by atoms with E-state index in [0.29, 0.717) is 6.54 Å². The summed E-state index contributed by atoms with van der Waals surface area (Å²) in [6, 6.07) is 8.33. The van der Waals surface area contributed by atoms with E-state index in [1.165, 1.54) is 11.1 Å². The quantitative estimate of drug-likeness (QED) is 0.832. The number of hydrogen-bond donors (Lipinski definition) is 2. The Morgan fingerprint density at radius 1 is 1.18 bits per heavy atom. The Bertz CT molecular complexity index is 489. The normalized spacial score (nSPS) is 11.8. The van der Waals surface area contributed by atoms with Crippen LogP contribution in [0, 0.1) is 0 Å². The van der Waals surface area contributed by atoms with Gasteiger partial charge >= 0.3 is 0 Å². The molecule has 0 saturated carbocycles. The van der Waals surface area contributed by atoms with Gasteiger partial charge in [0.2, 0.25) is 0 Å². The van der Waals surface area contributed by atoms with E-state index in [4.69, 9.17) is 5.73 Å². The van der Waals surface area contributed by atoms with E-state index >= 15 is 0 Å². The molecule has 2 aromatic rings. The molecule has 1 aromatic heterocycles. The molecule has 0 bridgehead atoms. The van der Waals surface area contributed by atoms with Crippen molar-refractivity contribution in [3.63, 3.8) is 0 Å². The van der Waals surface area contributed by atoms with Crippen molar-refractivity contribution in [2.45, 2.75) is 32.7 Å². The Hall–Kier alpha value is -1.61. The maximum Gasteiger partial charge on any atom is 0.0568 e. The predicted octanol–water partition coefficient (Wildman–Crippen LogP) is 2.83. The second kappa shape index (κ2) is 4.34. The number of hydrogen-bond acceptors (Lipinski definition) is 2. The summed E-state index contributed by atoms with van der Waals surface area (Å²) in [6.45, 7) is 7.12. The van der Waals surface area contributed by atoms with Crippen LogP contribution in [0.4, 0.5) is 0 Å². The lowest BCUT2D eigenvalue weighted by Gasteiger charge is -2.18. The number of aromatic nitrogens is 2. The summed E-state index contributed by atoms with van der Waals surface area (Å²) in [5.74, 6) is 0. The third-order valence-electron chi connectivity index (χ3n) is 2.89. The summed E-state index contributed by atoms with van der Waals surface area (Å²) in [7, 11) is 0. The van der Waals surface area contributed by atoms with Gasteiger partial charge in [-0.3, -0.25) is 5.10 Å². The van der Waals surface area contributed by atoms with E-state index in [9.17, 15) is 0 Å². The monoisotopic (exact) mass is 229 g/mol. The van der Waals surface area contributed by atoms with Crippen molar-refractivity contribution in [2.24, 2.45) is 5.73 Å². The van der Waals surface area contributed by atoms with Crippen LogP contribution in [0.3, 0.4) is 0 Å². The van der Waals surface area contributed by atoms with E-state index in [2.05, 4.69) is 55.2 Å². The summed E-state index contributed by atoms with van der Waals surface area (Å²) >= 11 is 0. The summed E-state index contributed by atoms with van der Waals surface area (Å²) in [5, 5.41) is 7.26. The first-order chi connectivity index (χ1) is 8.02. The van der Waals surface area contributed by atoms with Crippen LogP contribution in [0.1, 0.15) is 32.0 Å². The van der Waals surface area contributed by atoms with Crippen LogP contribution in [-0.2, 0) is 12.0 Å². The zero-order valence-electron chi connectivity index (χ0n) is 10.6. The molecule has 0 aliphatic carbocycles. The van der Waals surface area contributed by atoms with Crippen LogP contribution in [0.15, 0.2) is 30.5 Å². The van der Waals surface area contributed by atoms with Crippen molar-refractivity contribution >= 4 is 0 Å². The molecule has 3 nitrogen and oxygen atoms in total. The number of rotatable bonds is 2. The van der Waals surface area contributed by atoms with E-state index in [1.54, 1.807) is 0 Å². The molecule has 3 heteroatoms. The molecular weight excluding hydrogens is 210 g/mol. The molecular formula is C14H19N3. The summed E-state index contributed by atoms with van der Waals surface area (Å²) in [4.78, 5) is 0. The van der Waals surface area contributed by atoms with Crippen molar-refractivity contribution in [3.8, 4) is 11.1 Å². The van der Waals surface area contributed by atoms with Gasteiger partial charge in [-0.1, -0.05) is 45.0 Å². The number of nitrogens with zero attached hydrogens (tertiary/aromatic N) is 1. The highest BCUT2D eigenvalue weighted by Gasteiger charge is 2.20. The maximum absolute atomic E-state index is 5.60. The Kier molecular flexibility index (Phi) is 3.03. The average molecular weight is 229 g/mol. The maximum atomic E-state index is 5.60. The minimum absolute atomic E-state index is 0.0678. The van der Waals surface area contributed by atoms with Crippen molar-refractivity contribution < 1.29 is 0 Å². The fourth-order valence-electron chi connectivity index (χ4n) is 1.90. The molecule has 17 heavy (non-hydrogen) atoms. The van der Waals surface area contributed by atoms with Crippen LogP contribution in [0.2, 0.25) is 0 Å². The van der Waals surface area contributed by atoms with Crippen molar-refractivity contribution in [2.75, 3.05) is 0 Å². The second-order valence-electron chi connectivity index (χ2n) is 5.31. The van der Waals surface area contributed by atoms with Crippen molar-refractivity contribution in [1.29, 1.82) is 0 Å². The molecule has 0 aliphatic rings. The van der Waals surface area contributed by atoms with Gasteiger partial charge in [0.25, 0.3) is 0 Å². The molecule has 0 radical (unpaired) electrons.